The van der Waals surface area contributed by atoms with Crippen LogP contribution in [0.1, 0.15) is 37.3 Å². The number of hydrogen-bond donors (Lipinski definition) is 0. The molecule has 0 unspecified atom stereocenters. The van der Waals surface area contributed by atoms with Crippen molar-refractivity contribution in [3.63, 3.8) is 0 Å². The number of esters is 2. The second kappa shape index (κ2) is 9.32. The Morgan fingerprint density at radius 3 is 1.76 bits per heavy atom. The number of ketones is 1. The van der Waals surface area contributed by atoms with Gasteiger partial charge in [0, 0.05) is 6.42 Å². The van der Waals surface area contributed by atoms with E-state index in [-0.39, 0.29) is 19.0 Å². The van der Waals surface area contributed by atoms with Crippen LogP contribution in [0.3, 0.4) is 0 Å². The molecule has 2 aromatic rings. The van der Waals surface area contributed by atoms with Crippen molar-refractivity contribution in [3.05, 3.63) is 83.4 Å². The number of carbonyl (C=O) groups excluding carboxylic acids is 3. The van der Waals surface area contributed by atoms with E-state index in [2.05, 4.69) is 0 Å². The quantitative estimate of drug-likeness (QED) is 0.523. The van der Waals surface area contributed by atoms with Crippen LogP contribution in [0.5, 0.6) is 0 Å². The highest BCUT2D eigenvalue weighted by Crippen LogP contribution is 2.36. The topological polar surface area (TPSA) is 69.7 Å². The van der Waals surface area contributed by atoms with Crippen LogP contribution in [0.2, 0.25) is 0 Å². The molecule has 0 radical (unpaired) electrons. The molecule has 0 aliphatic heterocycles. The van der Waals surface area contributed by atoms with Crippen LogP contribution in [-0.2, 0) is 37.1 Å². The smallest absolute Gasteiger partial charge is 0.327 e. The molecule has 1 aliphatic carbocycles. The normalized spacial score (nSPS) is 14.1. The van der Waals surface area contributed by atoms with Crippen molar-refractivity contribution in [1.82, 2.24) is 0 Å². The molecule has 0 amide bonds. The maximum atomic E-state index is 13.0. The van der Waals surface area contributed by atoms with E-state index in [1.54, 1.807) is 0 Å². The van der Waals surface area contributed by atoms with Crippen molar-refractivity contribution in [2.75, 3.05) is 0 Å². The van der Waals surface area contributed by atoms with Crippen LogP contribution < -0.4 is 0 Å². The molecular weight excluding hydrogens is 368 g/mol. The Morgan fingerprint density at radius 1 is 0.828 bits per heavy atom. The molecule has 1 aliphatic rings. The number of rotatable bonds is 7. The van der Waals surface area contributed by atoms with Crippen LogP contribution >= 0.6 is 0 Å². The molecule has 0 spiro atoms. The molecule has 0 heterocycles. The molecule has 0 saturated heterocycles. The van der Waals surface area contributed by atoms with Gasteiger partial charge in [-0.2, -0.15) is 0 Å². The lowest BCUT2D eigenvalue weighted by Crippen LogP contribution is -2.42. The highest BCUT2D eigenvalue weighted by atomic mass is 16.6. The summed E-state index contributed by atoms with van der Waals surface area (Å²) in [6, 6.07) is 18.5. The minimum atomic E-state index is -1.65. The largest absolute Gasteiger partial charge is 0.460 e. The van der Waals surface area contributed by atoms with Crippen molar-refractivity contribution in [1.29, 1.82) is 0 Å². The predicted molar refractivity (Wildman–Crippen MR) is 108 cm³/mol. The first-order chi connectivity index (χ1) is 14.0. The lowest BCUT2D eigenvalue weighted by atomic mass is 9.76. The molecule has 150 valence electrons. The molecule has 0 aromatic heterocycles. The Bertz CT molecular complexity index is 844. The third-order valence-electron chi connectivity index (χ3n) is 5.09. The molecule has 0 N–H and O–H groups in total. The average Bonchev–Trinajstić information content (AvgIpc) is 2.76. The second-order valence-corrected chi connectivity index (χ2v) is 7.24. The molecule has 5 nitrogen and oxygen atoms in total. The maximum absolute atomic E-state index is 13.0. The molecule has 5 heteroatoms. The fourth-order valence-electron chi connectivity index (χ4n) is 3.27. The summed E-state index contributed by atoms with van der Waals surface area (Å²) in [5.74, 6) is -1.51. The van der Waals surface area contributed by atoms with Gasteiger partial charge in [-0.25, -0.2) is 0 Å². The Balaban J connectivity index is 1.79. The first-order valence-electron chi connectivity index (χ1n) is 9.66. The van der Waals surface area contributed by atoms with Crippen LogP contribution in [0.4, 0.5) is 0 Å². The summed E-state index contributed by atoms with van der Waals surface area (Å²) in [4.78, 5) is 38.0. The van der Waals surface area contributed by atoms with Gasteiger partial charge >= 0.3 is 11.9 Å². The van der Waals surface area contributed by atoms with E-state index >= 15 is 0 Å². The fraction of sp³-hybridized carbons (Fsp3) is 0.292. The zero-order valence-electron chi connectivity index (χ0n) is 16.4. The Kier molecular flexibility index (Phi) is 6.60. The first-order valence-corrected chi connectivity index (χ1v) is 9.66. The number of ether oxygens (including phenoxy) is 2. The zero-order valence-corrected chi connectivity index (χ0v) is 16.4. The molecule has 0 atom stereocenters. The van der Waals surface area contributed by atoms with E-state index < -0.39 is 17.4 Å². The number of hydrogen-bond acceptors (Lipinski definition) is 5. The van der Waals surface area contributed by atoms with Gasteiger partial charge in [-0.15, -0.1) is 0 Å². The average molecular weight is 392 g/mol. The van der Waals surface area contributed by atoms with E-state index in [0.717, 1.165) is 11.1 Å². The van der Waals surface area contributed by atoms with Crippen molar-refractivity contribution in [2.45, 2.75) is 39.4 Å². The number of allylic oxidation sites excluding steroid dienone is 1. The summed E-state index contributed by atoms with van der Waals surface area (Å²) in [6.45, 7) is 1.57. The van der Waals surface area contributed by atoms with Crippen molar-refractivity contribution >= 4 is 17.7 Å². The first kappa shape index (κ1) is 20.5. The van der Waals surface area contributed by atoms with Gasteiger partial charge in [0.1, 0.15) is 13.2 Å². The van der Waals surface area contributed by atoms with Gasteiger partial charge in [0.15, 0.2) is 11.2 Å². The molecular formula is C24H24O5. The van der Waals surface area contributed by atoms with Gasteiger partial charge in [0.25, 0.3) is 0 Å². The predicted octanol–water partition coefficient (Wildman–Crippen LogP) is 4.16. The second-order valence-electron chi connectivity index (χ2n) is 7.24. The lowest BCUT2D eigenvalue weighted by molar-refractivity contribution is -0.170. The van der Waals surface area contributed by atoms with E-state index in [0.29, 0.717) is 24.8 Å². The monoisotopic (exact) mass is 392 g/mol. The fourth-order valence-corrected chi connectivity index (χ4v) is 3.27. The number of carbonyl (C=O) groups is 3. The van der Waals surface area contributed by atoms with Gasteiger partial charge in [-0.1, -0.05) is 60.7 Å². The summed E-state index contributed by atoms with van der Waals surface area (Å²) < 4.78 is 10.9. The van der Waals surface area contributed by atoms with Crippen LogP contribution in [0.15, 0.2) is 72.3 Å². The summed E-state index contributed by atoms with van der Waals surface area (Å²) in [6.07, 6.45) is 2.88. The summed E-state index contributed by atoms with van der Waals surface area (Å²) in [5.41, 5.74) is 0.425. The van der Waals surface area contributed by atoms with Crippen molar-refractivity contribution in [2.24, 2.45) is 5.41 Å². The summed E-state index contributed by atoms with van der Waals surface area (Å²) >= 11 is 0. The molecule has 29 heavy (non-hydrogen) atoms. The van der Waals surface area contributed by atoms with Gasteiger partial charge in [0.05, 0.1) is 0 Å². The van der Waals surface area contributed by atoms with Crippen molar-refractivity contribution < 1.29 is 23.9 Å². The van der Waals surface area contributed by atoms with E-state index in [1.807, 2.05) is 60.7 Å². The highest BCUT2D eigenvalue weighted by Gasteiger charge is 2.48. The molecule has 2 aromatic carbocycles. The molecule has 3 rings (SSSR count). The third-order valence-corrected chi connectivity index (χ3v) is 5.09. The lowest BCUT2D eigenvalue weighted by Gasteiger charge is -2.29. The minimum Gasteiger partial charge on any atom is -0.460 e. The van der Waals surface area contributed by atoms with E-state index in [4.69, 9.17) is 9.47 Å². The number of benzene rings is 2. The minimum absolute atomic E-state index is 0.0441. The van der Waals surface area contributed by atoms with Crippen LogP contribution in [0.25, 0.3) is 0 Å². The SMILES string of the molecule is CC(C(=O)OCc1ccccc1)(C(=O)OCc1ccccc1)C1=CC(=O)CCC1. The Morgan fingerprint density at radius 2 is 1.31 bits per heavy atom. The van der Waals surface area contributed by atoms with Gasteiger partial charge in [0.2, 0.25) is 0 Å². The molecule has 0 bridgehead atoms. The van der Waals surface area contributed by atoms with Crippen LogP contribution in [0, 0.1) is 5.41 Å². The Labute approximate surface area is 170 Å². The summed E-state index contributed by atoms with van der Waals surface area (Å²) in [5, 5.41) is 0. The van der Waals surface area contributed by atoms with Gasteiger partial charge in [-0.05, 0) is 42.5 Å². The van der Waals surface area contributed by atoms with E-state index in [9.17, 15) is 14.4 Å². The summed E-state index contributed by atoms with van der Waals surface area (Å²) in [7, 11) is 0. The van der Waals surface area contributed by atoms with Crippen LogP contribution in [-0.4, -0.2) is 17.7 Å². The molecule has 0 saturated carbocycles. The van der Waals surface area contributed by atoms with Gasteiger partial charge < -0.3 is 9.47 Å². The van der Waals surface area contributed by atoms with Crippen molar-refractivity contribution in [3.8, 4) is 0 Å². The standard InChI is InChI=1S/C24H24O5/c1-24(20-13-8-14-21(25)15-20,22(26)28-16-18-9-4-2-5-10-18)23(27)29-17-19-11-6-3-7-12-19/h2-7,9-12,15H,8,13-14,16-17H2,1H3. The Hall–Kier alpha value is -3.21. The third kappa shape index (κ3) is 4.99. The van der Waals surface area contributed by atoms with Gasteiger partial charge in [-0.3, -0.25) is 14.4 Å². The molecule has 0 fully saturated rings. The highest BCUT2D eigenvalue weighted by molar-refractivity contribution is 6.05. The zero-order chi connectivity index (χ0) is 20.7. The maximum Gasteiger partial charge on any atom is 0.327 e. The van der Waals surface area contributed by atoms with E-state index in [1.165, 1.54) is 13.0 Å².